The van der Waals surface area contributed by atoms with Crippen molar-refractivity contribution in [2.24, 2.45) is 0 Å². The fourth-order valence-electron chi connectivity index (χ4n) is 2.16. The molecule has 1 aliphatic carbocycles. The summed E-state index contributed by atoms with van der Waals surface area (Å²) in [5, 5.41) is 3.13. The molecular formula is C12H24N2O. The van der Waals surface area contributed by atoms with Crippen molar-refractivity contribution in [3.8, 4) is 0 Å². The second-order valence-corrected chi connectivity index (χ2v) is 4.72. The number of nitrogens with one attached hydrogen (secondary N) is 1. The van der Waals surface area contributed by atoms with Crippen LogP contribution in [0.3, 0.4) is 0 Å². The second-order valence-electron chi connectivity index (χ2n) is 4.72. The van der Waals surface area contributed by atoms with Crippen LogP contribution in [0.25, 0.3) is 0 Å². The summed E-state index contributed by atoms with van der Waals surface area (Å²) in [6.07, 6.45) is 5.87. The molecule has 0 unspecified atom stereocenters. The normalized spacial score (nSPS) is 17.1. The smallest absolute Gasteiger partial charge is 0.317 e. The van der Waals surface area contributed by atoms with Gasteiger partial charge in [-0.05, 0) is 33.1 Å². The minimum Gasteiger partial charge on any atom is -0.335 e. The van der Waals surface area contributed by atoms with Crippen LogP contribution in [-0.2, 0) is 0 Å². The molecule has 1 aliphatic rings. The lowest BCUT2D eigenvalue weighted by molar-refractivity contribution is 0.179. The van der Waals surface area contributed by atoms with E-state index in [9.17, 15) is 4.79 Å². The van der Waals surface area contributed by atoms with Gasteiger partial charge in [-0.3, -0.25) is 0 Å². The van der Waals surface area contributed by atoms with Gasteiger partial charge in [0.1, 0.15) is 0 Å². The molecule has 0 aromatic heterocycles. The first-order chi connectivity index (χ1) is 7.15. The molecule has 1 saturated carbocycles. The quantitative estimate of drug-likeness (QED) is 0.763. The van der Waals surface area contributed by atoms with Crippen LogP contribution >= 0.6 is 0 Å². The van der Waals surface area contributed by atoms with Crippen LogP contribution in [-0.4, -0.2) is 29.6 Å². The molecule has 88 valence electrons. The SMILES string of the molecule is CCCN(C(=O)NC1CCCC1)C(C)C. The summed E-state index contributed by atoms with van der Waals surface area (Å²) in [7, 11) is 0. The molecule has 0 heterocycles. The van der Waals surface area contributed by atoms with E-state index in [-0.39, 0.29) is 6.03 Å². The first-order valence-electron chi connectivity index (χ1n) is 6.22. The summed E-state index contributed by atoms with van der Waals surface area (Å²) < 4.78 is 0. The Morgan fingerprint density at radius 2 is 2.00 bits per heavy atom. The van der Waals surface area contributed by atoms with Gasteiger partial charge in [-0.15, -0.1) is 0 Å². The Morgan fingerprint density at radius 1 is 1.40 bits per heavy atom. The van der Waals surface area contributed by atoms with Crippen molar-refractivity contribution in [3.05, 3.63) is 0 Å². The van der Waals surface area contributed by atoms with E-state index in [0.717, 1.165) is 25.8 Å². The number of urea groups is 1. The zero-order chi connectivity index (χ0) is 11.3. The number of nitrogens with zero attached hydrogens (tertiary/aromatic N) is 1. The van der Waals surface area contributed by atoms with Gasteiger partial charge < -0.3 is 10.2 Å². The molecule has 1 N–H and O–H groups in total. The summed E-state index contributed by atoms with van der Waals surface area (Å²) >= 11 is 0. The van der Waals surface area contributed by atoms with Crippen molar-refractivity contribution in [2.45, 2.75) is 65.0 Å². The van der Waals surface area contributed by atoms with Crippen LogP contribution in [0, 0.1) is 0 Å². The van der Waals surface area contributed by atoms with Gasteiger partial charge in [0.15, 0.2) is 0 Å². The summed E-state index contributed by atoms with van der Waals surface area (Å²) in [4.78, 5) is 13.9. The molecule has 3 nitrogen and oxygen atoms in total. The van der Waals surface area contributed by atoms with E-state index in [1.54, 1.807) is 0 Å². The van der Waals surface area contributed by atoms with E-state index in [0.29, 0.717) is 12.1 Å². The molecule has 2 amide bonds. The van der Waals surface area contributed by atoms with Crippen molar-refractivity contribution < 1.29 is 4.79 Å². The van der Waals surface area contributed by atoms with Crippen LogP contribution in [0.2, 0.25) is 0 Å². The van der Waals surface area contributed by atoms with Crippen molar-refractivity contribution in [2.75, 3.05) is 6.54 Å². The Kier molecular flexibility index (Phi) is 4.92. The molecule has 0 aromatic rings. The highest BCUT2D eigenvalue weighted by Gasteiger charge is 2.21. The largest absolute Gasteiger partial charge is 0.335 e. The Bertz CT molecular complexity index is 198. The van der Waals surface area contributed by atoms with Gasteiger partial charge in [0.2, 0.25) is 0 Å². The fraction of sp³-hybridized carbons (Fsp3) is 0.917. The molecule has 0 aliphatic heterocycles. The number of rotatable bonds is 4. The van der Waals surface area contributed by atoms with E-state index in [1.807, 2.05) is 4.90 Å². The number of carbonyl (C=O) groups is 1. The van der Waals surface area contributed by atoms with Crippen molar-refractivity contribution in [1.29, 1.82) is 0 Å². The molecule has 1 fully saturated rings. The van der Waals surface area contributed by atoms with Crippen LogP contribution < -0.4 is 5.32 Å². The third-order valence-electron chi connectivity index (χ3n) is 3.03. The van der Waals surface area contributed by atoms with Gasteiger partial charge in [-0.1, -0.05) is 19.8 Å². The van der Waals surface area contributed by atoms with Crippen LogP contribution in [0.4, 0.5) is 4.79 Å². The summed E-state index contributed by atoms with van der Waals surface area (Å²) in [5.41, 5.74) is 0. The predicted molar refractivity (Wildman–Crippen MR) is 62.9 cm³/mol. The van der Waals surface area contributed by atoms with E-state index in [4.69, 9.17) is 0 Å². The van der Waals surface area contributed by atoms with Crippen molar-refractivity contribution in [3.63, 3.8) is 0 Å². The highest BCUT2D eigenvalue weighted by atomic mass is 16.2. The van der Waals surface area contributed by atoms with Gasteiger partial charge in [0.05, 0.1) is 0 Å². The molecule has 0 saturated heterocycles. The zero-order valence-corrected chi connectivity index (χ0v) is 10.3. The number of hydrogen-bond acceptors (Lipinski definition) is 1. The van der Waals surface area contributed by atoms with Gasteiger partial charge in [-0.25, -0.2) is 4.79 Å². The Hall–Kier alpha value is -0.730. The minimum absolute atomic E-state index is 0.124. The number of carbonyl (C=O) groups excluding carboxylic acids is 1. The Balaban J connectivity index is 2.40. The first-order valence-corrected chi connectivity index (χ1v) is 6.22. The molecule has 0 bridgehead atoms. The van der Waals surface area contributed by atoms with E-state index in [1.165, 1.54) is 12.8 Å². The van der Waals surface area contributed by atoms with E-state index < -0.39 is 0 Å². The predicted octanol–water partition coefficient (Wildman–Crippen LogP) is 2.76. The molecule has 15 heavy (non-hydrogen) atoms. The second kappa shape index (κ2) is 5.99. The van der Waals surface area contributed by atoms with Crippen LogP contribution in [0.1, 0.15) is 52.9 Å². The van der Waals surface area contributed by atoms with Crippen molar-refractivity contribution >= 4 is 6.03 Å². The zero-order valence-electron chi connectivity index (χ0n) is 10.3. The lowest BCUT2D eigenvalue weighted by Gasteiger charge is -2.28. The first kappa shape index (κ1) is 12.3. The lowest BCUT2D eigenvalue weighted by atomic mass is 10.2. The standard InChI is InChI=1S/C12H24N2O/c1-4-9-14(10(2)3)12(15)13-11-7-5-6-8-11/h10-11H,4-9H2,1-3H3,(H,13,15). The topological polar surface area (TPSA) is 32.3 Å². The van der Waals surface area contributed by atoms with E-state index >= 15 is 0 Å². The minimum atomic E-state index is 0.124. The number of amides is 2. The fourth-order valence-corrected chi connectivity index (χ4v) is 2.16. The molecule has 1 rings (SSSR count). The molecule has 0 aromatic carbocycles. The molecular weight excluding hydrogens is 188 g/mol. The van der Waals surface area contributed by atoms with E-state index in [2.05, 4.69) is 26.1 Å². The van der Waals surface area contributed by atoms with Crippen LogP contribution in [0.5, 0.6) is 0 Å². The van der Waals surface area contributed by atoms with Gasteiger partial charge in [0, 0.05) is 18.6 Å². The average molecular weight is 212 g/mol. The van der Waals surface area contributed by atoms with Gasteiger partial charge in [0.25, 0.3) is 0 Å². The molecule has 0 radical (unpaired) electrons. The van der Waals surface area contributed by atoms with Gasteiger partial charge in [-0.2, -0.15) is 0 Å². The summed E-state index contributed by atoms with van der Waals surface area (Å²) in [6, 6.07) is 0.848. The highest BCUT2D eigenvalue weighted by Crippen LogP contribution is 2.18. The lowest BCUT2D eigenvalue weighted by Crippen LogP contribution is -2.47. The Labute approximate surface area is 93.2 Å². The average Bonchev–Trinajstić information content (AvgIpc) is 2.65. The molecule has 0 atom stereocenters. The maximum Gasteiger partial charge on any atom is 0.317 e. The maximum absolute atomic E-state index is 11.9. The van der Waals surface area contributed by atoms with Crippen LogP contribution in [0.15, 0.2) is 0 Å². The maximum atomic E-state index is 11.9. The molecule has 0 spiro atoms. The summed E-state index contributed by atoms with van der Waals surface area (Å²) in [5.74, 6) is 0. The Morgan fingerprint density at radius 3 is 2.47 bits per heavy atom. The number of hydrogen-bond donors (Lipinski definition) is 1. The third-order valence-corrected chi connectivity index (χ3v) is 3.03. The van der Waals surface area contributed by atoms with Gasteiger partial charge >= 0.3 is 6.03 Å². The summed E-state index contributed by atoms with van der Waals surface area (Å²) in [6.45, 7) is 7.11. The third kappa shape index (κ3) is 3.73. The monoisotopic (exact) mass is 212 g/mol. The van der Waals surface area contributed by atoms with Crippen molar-refractivity contribution in [1.82, 2.24) is 10.2 Å². The highest BCUT2D eigenvalue weighted by molar-refractivity contribution is 5.74. The molecule has 3 heteroatoms.